The van der Waals surface area contributed by atoms with Crippen LogP contribution in [0.25, 0.3) is 0 Å². The smallest absolute Gasteiger partial charge is 0.0644 e. The molecule has 0 amide bonds. The number of rotatable bonds is 2. The molecule has 3 N–H and O–H groups in total. The number of pyridine rings is 1. The minimum absolute atomic E-state index is 0.495. The fourth-order valence-electron chi connectivity index (χ4n) is 2.36. The Hall–Kier alpha value is -1.13. The maximum Gasteiger partial charge on any atom is 0.0644 e. The molecule has 4 nitrogen and oxygen atoms in total. The first-order valence-corrected chi connectivity index (χ1v) is 6.54. The van der Waals surface area contributed by atoms with E-state index >= 15 is 0 Å². The molecule has 0 unspecified atom stereocenters. The van der Waals surface area contributed by atoms with Crippen LogP contribution in [0.5, 0.6) is 0 Å². The van der Waals surface area contributed by atoms with E-state index in [0.29, 0.717) is 0 Å². The summed E-state index contributed by atoms with van der Waals surface area (Å²) in [7, 11) is 0. The van der Waals surface area contributed by atoms with E-state index < -0.39 is 5.60 Å². The maximum absolute atomic E-state index is 9.93. The highest BCUT2D eigenvalue weighted by Crippen LogP contribution is 2.24. The molecule has 0 atom stereocenters. The van der Waals surface area contributed by atoms with Crippen LogP contribution in [0.2, 0.25) is 0 Å². The van der Waals surface area contributed by atoms with Crippen LogP contribution in [0.1, 0.15) is 36.6 Å². The van der Waals surface area contributed by atoms with E-state index in [0.717, 1.165) is 55.0 Å². The van der Waals surface area contributed by atoms with Gasteiger partial charge in [-0.3, -0.25) is 9.88 Å². The van der Waals surface area contributed by atoms with Crippen LogP contribution in [0.4, 0.5) is 5.69 Å². The average Bonchev–Trinajstić information content (AvgIpc) is 2.32. The number of aromatic nitrogens is 1. The largest absolute Gasteiger partial charge is 0.398 e. The van der Waals surface area contributed by atoms with Crippen LogP contribution in [-0.4, -0.2) is 33.7 Å². The van der Waals surface area contributed by atoms with Gasteiger partial charge in [0.05, 0.1) is 11.3 Å². The molecule has 0 aromatic carbocycles. The van der Waals surface area contributed by atoms with Gasteiger partial charge in [0, 0.05) is 31.5 Å². The molecule has 0 bridgehead atoms. The lowest BCUT2D eigenvalue weighted by atomic mass is 9.93. The van der Waals surface area contributed by atoms with E-state index in [9.17, 15) is 5.11 Å². The fraction of sp³-hybridized carbons (Fsp3) is 0.643. The highest BCUT2D eigenvalue weighted by molar-refractivity contribution is 5.53. The molecule has 0 saturated carbocycles. The average molecular weight is 249 g/mol. The zero-order chi connectivity index (χ0) is 13.3. The van der Waals surface area contributed by atoms with E-state index in [2.05, 4.69) is 9.88 Å². The molecule has 4 heteroatoms. The van der Waals surface area contributed by atoms with Gasteiger partial charge in [-0.05, 0) is 44.7 Å². The highest BCUT2D eigenvalue weighted by atomic mass is 16.3. The number of hydrogen-bond donors (Lipinski definition) is 2. The van der Waals surface area contributed by atoms with Gasteiger partial charge in [-0.2, -0.15) is 0 Å². The van der Waals surface area contributed by atoms with E-state index in [1.54, 1.807) is 0 Å². The van der Waals surface area contributed by atoms with E-state index in [4.69, 9.17) is 5.73 Å². The minimum Gasteiger partial charge on any atom is -0.398 e. The molecule has 1 aliphatic heterocycles. The molecule has 0 spiro atoms. The second kappa shape index (κ2) is 4.86. The molecule has 1 fully saturated rings. The van der Waals surface area contributed by atoms with Crippen LogP contribution in [0.3, 0.4) is 0 Å². The van der Waals surface area contributed by atoms with Crippen molar-refractivity contribution >= 4 is 5.69 Å². The van der Waals surface area contributed by atoms with E-state index in [1.807, 2.05) is 27.0 Å². The Balaban J connectivity index is 2.05. The van der Waals surface area contributed by atoms with Crippen molar-refractivity contribution in [1.29, 1.82) is 0 Å². The lowest BCUT2D eigenvalue weighted by Crippen LogP contribution is -2.42. The van der Waals surface area contributed by atoms with Crippen LogP contribution < -0.4 is 5.73 Å². The number of aliphatic hydroxyl groups is 1. The molecule has 18 heavy (non-hydrogen) atoms. The van der Waals surface area contributed by atoms with Crippen LogP contribution in [-0.2, 0) is 6.54 Å². The molecule has 1 aromatic rings. The zero-order valence-corrected chi connectivity index (χ0v) is 11.5. The van der Waals surface area contributed by atoms with Crippen molar-refractivity contribution in [3.63, 3.8) is 0 Å². The topological polar surface area (TPSA) is 62.4 Å². The van der Waals surface area contributed by atoms with Gasteiger partial charge >= 0.3 is 0 Å². The van der Waals surface area contributed by atoms with Crippen molar-refractivity contribution in [3.05, 3.63) is 23.0 Å². The summed E-state index contributed by atoms with van der Waals surface area (Å²) in [6.45, 7) is 8.59. The second-order valence-corrected chi connectivity index (χ2v) is 5.70. The minimum atomic E-state index is -0.495. The lowest BCUT2D eigenvalue weighted by molar-refractivity contribution is -0.00760. The number of anilines is 1. The third-order valence-electron chi connectivity index (χ3n) is 3.98. The predicted octanol–water partition coefficient (Wildman–Crippen LogP) is 1.63. The van der Waals surface area contributed by atoms with Crippen molar-refractivity contribution in [1.82, 2.24) is 9.88 Å². The van der Waals surface area contributed by atoms with Crippen LogP contribution in [0, 0.1) is 13.8 Å². The van der Waals surface area contributed by atoms with Gasteiger partial charge in [0.25, 0.3) is 0 Å². The number of piperidine rings is 1. The quantitative estimate of drug-likeness (QED) is 0.836. The standard InChI is InChI=1S/C14H23N3O/c1-10-8-16-12(11(2)13(10)15)9-17-6-4-14(3,18)5-7-17/h8,18H,4-7,9H2,1-3H3,(H2,15,16). The van der Waals surface area contributed by atoms with Gasteiger partial charge < -0.3 is 10.8 Å². The molecule has 0 aliphatic carbocycles. The molecular formula is C14H23N3O. The molecule has 0 radical (unpaired) electrons. The monoisotopic (exact) mass is 249 g/mol. The van der Waals surface area contributed by atoms with Crippen LogP contribution in [0.15, 0.2) is 6.20 Å². The summed E-state index contributed by atoms with van der Waals surface area (Å²) in [6, 6.07) is 0. The third-order valence-corrected chi connectivity index (χ3v) is 3.98. The fourth-order valence-corrected chi connectivity index (χ4v) is 2.36. The molecule has 1 aliphatic rings. The Labute approximate surface area is 109 Å². The zero-order valence-electron chi connectivity index (χ0n) is 11.5. The van der Waals surface area contributed by atoms with Crippen LogP contribution >= 0.6 is 0 Å². The Kier molecular flexibility index (Phi) is 3.59. The van der Waals surface area contributed by atoms with E-state index in [1.165, 1.54) is 0 Å². The van der Waals surface area contributed by atoms with Gasteiger partial charge in [-0.1, -0.05) is 0 Å². The van der Waals surface area contributed by atoms with E-state index in [-0.39, 0.29) is 0 Å². The maximum atomic E-state index is 9.93. The third kappa shape index (κ3) is 2.82. The molecule has 1 saturated heterocycles. The van der Waals surface area contributed by atoms with Crippen molar-refractivity contribution in [2.75, 3.05) is 18.8 Å². The molecule has 2 rings (SSSR count). The first-order valence-electron chi connectivity index (χ1n) is 6.54. The summed E-state index contributed by atoms with van der Waals surface area (Å²) < 4.78 is 0. The first-order chi connectivity index (χ1) is 8.39. The first kappa shape index (κ1) is 13.3. The van der Waals surface area contributed by atoms with Gasteiger partial charge in [0.1, 0.15) is 0 Å². The summed E-state index contributed by atoms with van der Waals surface area (Å²) in [6.07, 6.45) is 3.50. The SMILES string of the molecule is Cc1cnc(CN2CCC(C)(O)CC2)c(C)c1N. The number of nitrogens with zero attached hydrogens (tertiary/aromatic N) is 2. The van der Waals surface area contributed by atoms with Crippen molar-refractivity contribution in [2.45, 2.75) is 45.8 Å². The Morgan fingerprint density at radius 2 is 2.00 bits per heavy atom. The number of nitrogens with two attached hydrogens (primary N) is 1. The molecule has 100 valence electrons. The van der Waals surface area contributed by atoms with Gasteiger partial charge in [0.2, 0.25) is 0 Å². The van der Waals surface area contributed by atoms with Crippen molar-refractivity contribution in [2.24, 2.45) is 0 Å². The van der Waals surface area contributed by atoms with Crippen molar-refractivity contribution in [3.8, 4) is 0 Å². The summed E-state index contributed by atoms with van der Waals surface area (Å²) in [4.78, 5) is 6.82. The number of aryl methyl sites for hydroxylation is 1. The predicted molar refractivity (Wildman–Crippen MR) is 73.3 cm³/mol. The number of likely N-dealkylation sites (tertiary alicyclic amines) is 1. The normalized spacial score (nSPS) is 20.0. The summed E-state index contributed by atoms with van der Waals surface area (Å²) in [5.41, 5.74) is 9.57. The summed E-state index contributed by atoms with van der Waals surface area (Å²) >= 11 is 0. The lowest BCUT2D eigenvalue weighted by Gasteiger charge is -2.35. The second-order valence-electron chi connectivity index (χ2n) is 5.70. The molecule has 2 heterocycles. The summed E-state index contributed by atoms with van der Waals surface area (Å²) in [5.74, 6) is 0. The Morgan fingerprint density at radius 3 is 2.61 bits per heavy atom. The molecule has 1 aromatic heterocycles. The number of hydrogen-bond acceptors (Lipinski definition) is 4. The Morgan fingerprint density at radius 1 is 1.39 bits per heavy atom. The van der Waals surface area contributed by atoms with Gasteiger partial charge in [0.15, 0.2) is 0 Å². The van der Waals surface area contributed by atoms with Gasteiger partial charge in [-0.25, -0.2) is 0 Å². The van der Waals surface area contributed by atoms with Crippen molar-refractivity contribution < 1.29 is 5.11 Å². The van der Waals surface area contributed by atoms with Gasteiger partial charge in [-0.15, -0.1) is 0 Å². The Bertz CT molecular complexity index is 433. The number of nitrogen functional groups attached to an aromatic ring is 1. The highest BCUT2D eigenvalue weighted by Gasteiger charge is 2.27. The molecular weight excluding hydrogens is 226 g/mol. The summed E-state index contributed by atoms with van der Waals surface area (Å²) in [5, 5.41) is 9.93.